The van der Waals surface area contributed by atoms with Crippen LogP contribution in [0.15, 0.2) is 38.7 Å². The fourth-order valence-corrected chi connectivity index (χ4v) is 3.73. The number of nitrogens with zero attached hydrogens (tertiary/aromatic N) is 1. The van der Waals surface area contributed by atoms with Crippen LogP contribution in [0.5, 0.6) is 0 Å². The van der Waals surface area contributed by atoms with Crippen molar-refractivity contribution in [3.63, 3.8) is 0 Å². The van der Waals surface area contributed by atoms with Crippen LogP contribution >= 0.6 is 27.5 Å². The van der Waals surface area contributed by atoms with E-state index in [2.05, 4.69) is 26.3 Å². The maximum absolute atomic E-state index is 12.5. The fraction of sp³-hybridized carbons (Fsp3) is 0.250. The standard InChI is InChI=1S/C16H13BrClN3O3/c1-21-15-14(16(23)20-21)12(7-2-3-8(17)9(18)4-7)13-10(19-15)5-24-6-11(13)22/h2-4,12,19H,5-6H2,1H3,(H,20,23). The molecule has 1 aromatic carbocycles. The number of anilines is 1. The molecule has 2 aromatic rings. The third kappa shape index (κ3) is 2.27. The Morgan fingerprint density at radius 1 is 1.33 bits per heavy atom. The number of aromatic nitrogens is 2. The van der Waals surface area contributed by atoms with Crippen molar-refractivity contribution in [3.8, 4) is 0 Å². The highest BCUT2D eigenvalue weighted by Crippen LogP contribution is 2.42. The Morgan fingerprint density at radius 3 is 2.88 bits per heavy atom. The van der Waals surface area contributed by atoms with Crippen LogP contribution in [0, 0.1) is 0 Å². The van der Waals surface area contributed by atoms with Gasteiger partial charge >= 0.3 is 0 Å². The zero-order valence-corrected chi connectivity index (χ0v) is 15.0. The molecule has 124 valence electrons. The van der Waals surface area contributed by atoms with Crippen LogP contribution in [0.4, 0.5) is 5.82 Å². The first kappa shape index (κ1) is 15.7. The van der Waals surface area contributed by atoms with Crippen molar-refractivity contribution >= 4 is 39.1 Å². The van der Waals surface area contributed by atoms with Crippen molar-refractivity contribution in [2.24, 2.45) is 7.05 Å². The molecule has 24 heavy (non-hydrogen) atoms. The minimum atomic E-state index is -0.469. The minimum absolute atomic E-state index is 0.0152. The molecule has 2 aliphatic heterocycles. The molecule has 6 nitrogen and oxygen atoms in total. The monoisotopic (exact) mass is 409 g/mol. The molecule has 0 fully saturated rings. The molecular weight excluding hydrogens is 398 g/mol. The van der Waals surface area contributed by atoms with E-state index in [1.807, 2.05) is 12.1 Å². The van der Waals surface area contributed by atoms with Gasteiger partial charge < -0.3 is 10.1 Å². The van der Waals surface area contributed by atoms with E-state index in [4.69, 9.17) is 16.3 Å². The Bertz CT molecular complexity index is 960. The zero-order chi connectivity index (χ0) is 17.0. The quantitative estimate of drug-likeness (QED) is 0.757. The first-order valence-electron chi connectivity index (χ1n) is 7.32. The molecule has 0 bridgehead atoms. The lowest BCUT2D eigenvalue weighted by atomic mass is 9.80. The second kappa shape index (κ2) is 5.61. The number of H-pyrrole nitrogens is 1. The van der Waals surface area contributed by atoms with Gasteiger partial charge in [0.05, 0.1) is 22.9 Å². The number of rotatable bonds is 1. The molecule has 8 heteroatoms. The van der Waals surface area contributed by atoms with E-state index in [0.29, 0.717) is 34.3 Å². The molecule has 3 heterocycles. The summed E-state index contributed by atoms with van der Waals surface area (Å²) in [5, 5.41) is 6.44. The van der Waals surface area contributed by atoms with Crippen LogP contribution in [0.2, 0.25) is 5.02 Å². The van der Waals surface area contributed by atoms with Gasteiger partial charge in [-0.1, -0.05) is 17.7 Å². The molecular formula is C16H13BrClN3O3. The SMILES string of the molecule is Cn1[nH]c(=O)c2c1NC1=C(C(=O)COC1)C2c1ccc(Br)c(Cl)c1. The molecule has 2 N–H and O–H groups in total. The number of benzene rings is 1. The van der Waals surface area contributed by atoms with E-state index < -0.39 is 5.92 Å². The number of nitrogens with one attached hydrogen (secondary N) is 2. The third-order valence-corrected chi connectivity index (χ3v) is 5.57. The largest absolute Gasteiger partial charge is 0.367 e. The molecule has 1 unspecified atom stereocenters. The van der Waals surface area contributed by atoms with Gasteiger partial charge in [0, 0.05) is 23.0 Å². The topological polar surface area (TPSA) is 76.1 Å². The molecule has 0 saturated carbocycles. The molecule has 0 radical (unpaired) electrons. The summed E-state index contributed by atoms with van der Waals surface area (Å²) in [7, 11) is 1.75. The highest BCUT2D eigenvalue weighted by molar-refractivity contribution is 9.10. The van der Waals surface area contributed by atoms with Gasteiger partial charge in [-0.2, -0.15) is 0 Å². The summed E-state index contributed by atoms with van der Waals surface area (Å²) in [4.78, 5) is 25.0. The highest BCUT2D eigenvalue weighted by atomic mass is 79.9. The number of ether oxygens (including phenoxy) is 1. The summed E-state index contributed by atoms with van der Waals surface area (Å²) < 4.78 is 7.72. The molecule has 0 aliphatic carbocycles. The van der Waals surface area contributed by atoms with Gasteiger partial charge in [-0.25, -0.2) is 0 Å². The summed E-state index contributed by atoms with van der Waals surface area (Å²) in [5.74, 6) is 0.0472. The van der Waals surface area contributed by atoms with Gasteiger partial charge in [0.15, 0.2) is 5.78 Å². The third-order valence-electron chi connectivity index (χ3n) is 4.33. The van der Waals surface area contributed by atoms with Crippen molar-refractivity contribution in [3.05, 3.63) is 60.4 Å². The van der Waals surface area contributed by atoms with E-state index in [0.717, 1.165) is 10.0 Å². The van der Waals surface area contributed by atoms with Crippen molar-refractivity contribution < 1.29 is 9.53 Å². The number of fused-ring (bicyclic) bond motifs is 1. The van der Waals surface area contributed by atoms with Gasteiger partial charge in [-0.15, -0.1) is 0 Å². The normalized spacial score (nSPS) is 19.8. The number of aromatic amines is 1. The Labute approximate surface area is 150 Å². The lowest BCUT2D eigenvalue weighted by molar-refractivity contribution is -0.121. The fourth-order valence-electron chi connectivity index (χ4n) is 3.30. The van der Waals surface area contributed by atoms with Crippen molar-refractivity contribution in [1.82, 2.24) is 9.78 Å². The maximum atomic E-state index is 12.5. The molecule has 4 rings (SSSR count). The van der Waals surface area contributed by atoms with Crippen LogP contribution in [-0.2, 0) is 16.6 Å². The summed E-state index contributed by atoms with van der Waals surface area (Å²) in [6, 6.07) is 5.47. The number of carbonyl (C=O) groups excluding carboxylic acids is 1. The molecule has 0 spiro atoms. The molecule has 0 saturated heterocycles. The number of aryl methyl sites for hydroxylation is 1. The van der Waals surface area contributed by atoms with E-state index in [-0.39, 0.29) is 17.9 Å². The number of halogens is 2. The van der Waals surface area contributed by atoms with Crippen molar-refractivity contribution in [2.75, 3.05) is 18.5 Å². The predicted molar refractivity (Wildman–Crippen MR) is 93.5 cm³/mol. The van der Waals surface area contributed by atoms with Crippen LogP contribution in [-0.4, -0.2) is 28.8 Å². The first-order valence-corrected chi connectivity index (χ1v) is 8.49. The van der Waals surface area contributed by atoms with Crippen LogP contribution < -0.4 is 10.9 Å². The van der Waals surface area contributed by atoms with E-state index >= 15 is 0 Å². The average Bonchev–Trinajstić information content (AvgIpc) is 2.83. The lowest BCUT2D eigenvalue weighted by Gasteiger charge is -2.31. The number of carbonyl (C=O) groups is 1. The van der Waals surface area contributed by atoms with Crippen LogP contribution in [0.3, 0.4) is 0 Å². The predicted octanol–water partition coefficient (Wildman–Crippen LogP) is 2.54. The van der Waals surface area contributed by atoms with Crippen molar-refractivity contribution in [1.29, 1.82) is 0 Å². The lowest BCUT2D eigenvalue weighted by Crippen LogP contribution is -2.34. The molecule has 1 aromatic heterocycles. The maximum Gasteiger partial charge on any atom is 0.270 e. The van der Waals surface area contributed by atoms with Crippen molar-refractivity contribution in [2.45, 2.75) is 5.92 Å². The molecule has 1 atom stereocenters. The van der Waals surface area contributed by atoms with E-state index in [1.54, 1.807) is 17.8 Å². The van der Waals surface area contributed by atoms with Gasteiger partial charge in [0.1, 0.15) is 12.4 Å². The Hall–Kier alpha value is -1.83. The van der Waals surface area contributed by atoms with E-state index in [1.165, 1.54) is 0 Å². The van der Waals surface area contributed by atoms with Gasteiger partial charge in [-0.3, -0.25) is 19.4 Å². The first-order chi connectivity index (χ1) is 11.5. The summed E-state index contributed by atoms with van der Waals surface area (Å²) in [6.07, 6.45) is 0. The Balaban J connectivity index is 2.00. The highest BCUT2D eigenvalue weighted by Gasteiger charge is 2.39. The Kier molecular flexibility index (Phi) is 3.67. The van der Waals surface area contributed by atoms with E-state index in [9.17, 15) is 9.59 Å². The van der Waals surface area contributed by atoms with Gasteiger partial charge in [-0.05, 0) is 33.6 Å². The summed E-state index contributed by atoms with van der Waals surface area (Å²) in [6.45, 7) is 0.321. The van der Waals surface area contributed by atoms with Gasteiger partial charge in [0.2, 0.25) is 0 Å². The summed E-state index contributed by atoms with van der Waals surface area (Å²) in [5.41, 5.74) is 2.35. The summed E-state index contributed by atoms with van der Waals surface area (Å²) >= 11 is 9.61. The van der Waals surface area contributed by atoms with Crippen LogP contribution in [0.25, 0.3) is 0 Å². The Morgan fingerprint density at radius 2 is 2.12 bits per heavy atom. The average molecular weight is 411 g/mol. The zero-order valence-electron chi connectivity index (χ0n) is 12.7. The smallest absolute Gasteiger partial charge is 0.270 e. The number of hydrogen-bond donors (Lipinski definition) is 2. The number of Topliss-reactive ketones (excluding diaryl/α,β-unsaturated/α-hetero) is 1. The second-order valence-corrected chi connectivity index (χ2v) is 7.06. The molecule has 0 amide bonds. The second-order valence-electron chi connectivity index (χ2n) is 5.80. The minimum Gasteiger partial charge on any atom is -0.367 e. The van der Waals surface area contributed by atoms with Gasteiger partial charge in [0.25, 0.3) is 5.56 Å². The number of ketones is 1. The number of hydrogen-bond acceptors (Lipinski definition) is 4. The molecule has 2 aliphatic rings. The van der Waals surface area contributed by atoms with Crippen LogP contribution in [0.1, 0.15) is 17.0 Å².